The molecule has 0 unspecified atom stereocenters. The number of para-hydroxylation sites is 1. The Hall–Kier alpha value is -1.62. The Kier molecular flexibility index (Phi) is 7.15. The van der Waals surface area contributed by atoms with E-state index in [-0.39, 0.29) is 30.8 Å². The molecule has 2 N–H and O–H groups in total. The largest absolute Gasteiger partial charge is 0.395 e. The van der Waals surface area contributed by atoms with E-state index >= 15 is 0 Å². The van der Waals surface area contributed by atoms with Gasteiger partial charge >= 0.3 is 0 Å². The molecular weight excluding hydrogens is 271 g/mol. The number of rotatable bonds is 8. The number of benzene rings is 1. The van der Waals surface area contributed by atoms with Crippen molar-refractivity contribution in [3.63, 3.8) is 0 Å². The Morgan fingerprint density at radius 3 is 2.52 bits per heavy atom. The normalized spacial score (nSPS) is 10.8. The number of carbonyl (C=O) groups is 1. The Balaban J connectivity index is 3.17. The second-order valence-electron chi connectivity index (χ2n) is 4.89. The smallest absolute Gasteiger partial charge is 0.256 e. The maximum Gasteiger partial charge on any atom is 0.256 e. The van der Waals surface area contributed by atoms with E-state index in [1.807, 2.05) is 20.8 Å². The summed E-state index contributed by atoms with van der Waals surface area (Å²) in [5.74, 6) is -0.676. The first-order valence-electron chi connectivity index (χ1n) is 7.54. The van der Waals surface area contributed by atoms with Crippen molar-refractivity contribution in [2.45, 2.75) is 39.7 Å². The van der Waals surface area contributed by atoms with Gasteiger partial charge in [0.15, 0.2) is 0 Å². The van der Waals surface area contributed by atoms with Gasteiger partial charge in [-0.15, -0.1) is 0 Å². The average molecular weight is 296 g/mol. The fraction of sp³-hybridized carbons (Fsp3) is 0.562. The molecule has 1 aromatic rings. The first kappa shape index (κ1) is 17.4. The van der Waals surface area contributed by atoms with Crippen LogP contribution in [0.4, 0.5) is 10.1 Å². The van der Waals surface area contributed by atoms with Crippen LogP contribution in [0.5, 0.6) is 0 Å². The van der Waals surface area contributed by atoms with Crippen molar-refractivity contribution in [2.24, 2.45) is 0 Å². The van der Waals surface area contributed by atoms with Crippen LogP contribution < -0.4 is 5.32 Å². The minimum atomic E-state index is -0.434. The van der Waals surface area contributed by atoms with E-state index in [4.69, 9.17) is 0 Å². The lowest BCUT2D eigenvalue weighted by Gasteiger charge is -2.30. The highest BCUT2D eigenvalue weighted by molar-refractivity contribution is 6.00. The Morgan fingerprint density at radius 2 is 2.00 bits per heavy atom. The van der Waals surface area contributed by atoms with E-state index < -0.39 is 5.82 Å². The first-order valence-corrected chi connectivity index (χ1v) is 7.54. The summed E-state index contributed by atoms with van der Waals surface area (Å²) >= 11 is 0. The third kappa shape index (κ3) is 4.17. The number of aliphatic hydroxyl groups excluding tert-OH is 1. The minimum Gasteiger partial charge on any atom is -0.395 e. The molecule has 0 fully saturated rings. The predicted octanol–water partition coefficient (Wildman–Crippen LogP) is 2.88. The number of nitrogens with zero attached hydrogens (tertiary/aromatic N) is 1. The van der Waals surface area contributed by atoms with Crippen molar-refractivity contribution < 1.29 is 14.3 Å². The molecule has 0 bridgehead atoms. The molecule has 0 radical (unpaired) electrons. The van der Waals surface area contributed by atoms with Crippen LogP contribution >= 0.6 is 0 Å². The van der Waals surface area contributed by atoms with E-state index in [2.05, 4.69) is 5.32 Å². The van der Waals surface area contributed by atoms with Gasteiger partial charge in [-0.2, -0.15) is 0 Å². The molecule has 118 valence electrons. The Morgan fingerprint density at radius 1 is 1.33 bits per heavy atom. The van der Waals surface area contributed by atoms with Crippen molar-refractivity contribution in [1.82, 2.24) is 4.90 Å². The molecule has 0 aliphatic carbocycles. The monoisotopic (exact) mass is 296 g/mol. The minimum absolute atomic E-state index is 0.0439. The van der Waals surface area contributed by atoms with Crippen LogP contribution in [0.25, 0.3) is 0 Å². The summed E-state index contributed by atoms with van der Waals surface area (Å²) in [6.07, 6.45) is 1.60. The number of nitrogens with one attached hydrogen (secondary N) is 1. The molecule has 0 aliphatic rings. The number of anilines is 1. The van der Waals surface area contributed by atoms with Crippen LogP contribution in [0.2, 0.25) is 0 Å². The average Bonchev–Trinajstić information content (AvgIpc) is 2.49. The van der Waals surface area contributed by atoms with Gasteiger partial charge in [0.05, 0.1) is 17.9 Å². The van der Waals surface area contributed by atoms with Gasteiger partial charge in [-0.1, -0.05) is 19.9 Å². The number of aliphatic hydroxyl groups is 1. The van der Waals surface area contributed by atoms with Gasteiger partial charge in [-0.3, -0.25) is 4.79 Å². The molecule has 0 aliphatic heterocycles. The molecule has 1 rings (SSSR count). The SMILES string of the molecule is CCNc1c(F)cccc1C(=O)N(CCO)C(CC)CC. The highest BCUT2D eigenvalue weighted by atomic mass is 19.1. The molecule has 0 atom stereocenters. The second kappa shape index (κ2) is 8.62. The van der Waals surface area contributed by atoms with Crippen molar-refractivity contribution in [2.75, 3.05) is 25.0 Å². The summed E-state index contributed by atoms with van der Waals surface area (Å²) in [6, 6.07) is 4.54. The van der Waals surface area contributed by atoms with E-state index in [1.165, 1.54) is 12.1 Å². The fourth-order valence-electron chi connectivity index (χ4n) is 2.50. The summed E-state index contributed by atoms with van der Waals surface area (Å²) in [6.45, 7) is 6.55. The van der Waals surface area contributed by atoms with Gasteiger partial charge < -0.3 is 15.3 Å². The van der Waals surface area contributed by atoms with Crippen molar-refractivity contribution >= 4 is 11.6 Å². The summed E-state index contributed by atoms with van der Waals surface area (Å²) in [5, 5.41) is 12.1. The van der Waals surface area contributed by atoms with E-state index in [9.17, 15) is 14.3 Å². The number of amides is 1. The van der Waals surface area contributed by atoms with Crippen LogP contribution in [0.15, 0.2) is 18.2 Å². The number of halogens is 1. The standard InChI is InChI=1S/C16H25FN2O2/c1-4-12(5-2)19(10-11-20)16(21)13-8-7-9-14(17)15(13)18-6-3/h7-9,12,18,20H,4-6,10-11H2,1-3H3. The summed E-state index contributed by atoms with van der Waals surface area (Å²) in [7, 11) is 0. The van der Waals surface area contributed by atoms with Gasteiger partial charge in [0.1, 0.15) is 5.82 Å². The van der Waals surface area contributed by atoms with E-state index in [0.29, 0.717) is 12.1 Å². The highest BCUT2D eigenvalue weighted by Gasteiger charge is 2.25. The molecule has 1 aromatic carbocycles. The summed E-state index contributed by atoms with van der Waals surface area (Å²) in [4.78, 5) is 14.4. The molecule has 0 saturated heterocycles. The molecule has 5 heteroatoms. The third-order valence-electron chi connectivity index (χ3n) is 3.58. The Labute approximate surface area is 126 Å². The van der Waals surface area contributed by atoms with Crippen LogP contribution in [0.3, 0.4) is 0 Å². The van der Waals surface area contributed by atoms with Gasteiger partial charge in [-0.05, 0) is 31.9 Å². The fourth-order valence-corrected chi connectivity index (χ4v) is 2.50. The molecule has 0 saturated carbocycles. The molecular formula is C16H25FN2O2. The second-order valence-corrected chi connectivity index (χ2v) is 4.89. The van der Waals surface area contributed by atoms with Crippen LogP contribution in [0.1, 0.15) is 44.0 Å². The van der Waals surface area contributed by atoms with Gasteiger partial charge in [0.2, 0.25) is 0 Å². The molecule has 0 aromatic heterocycles. The van der Waals surface area contributed by atoms with Crippen LogP contribution in [-0.4, -0.2) is 41.7 Å². The summed E-state index contributed by atoms with van der Waals surface area (Å²) < 4.78 is 13.9. The topological polar surface area (TPSA) is 52.6 Å². The van der Waals surface area contributed by atoms with Crippen molar-refractivity contribution in [3.8, 4) is 0 Å². The van der Waals surface area contributed by atoms with Crippen LogP contribution in [-0.2, 0) is 0 Å². The molecule has 1 amide bonds. The third-order valence-corrected chi connectivity index (χ3v) is 3.58. The molecule has 4 nitrogen and oxygen atoms in total. The highest BCUT2D eigenvalue weighted by Crippen LogP contribution is 2.23. The van der Waals surface area contributed by atoms with Crippen molar-refractivity contribution in [3.05, 3.63) is 29.6 Å². The number of hydrogen-bond acceptors (Lipinski definition) is 3. The van der Waals surface area contributed by atoms with E-state index in [1.54, 1.807) is 11.0 Å². The van der Waals surface area contributed by atoms with Crippen molar-refractivity contribution in [1.29, 1.82) is 0 Å². The maximum absolute atomic E-state index is 13.9. The number of carbonyl (C=O) groups excluding carboxylic acids is 1. The van der Waals surface area contributed by atoms with E-state index in [0.717, 1.165) is 12.8 Å². The van der Waals surface area contributed by atoms with Crippen LogP contribution in [0, 0.1) is 5.82 Å². The predicted molar refractivity (Wildman–Crippen MR) is 83.1 cm³/mol. The molecule has 0 heterocycles. The molecule has 0 spiro atoms. The lowest BCUT2D eigenvalue weighted by atomic mass is 10.1. The summed E-state index contributed by atoms with van der Waals surface area (Å²) in [5.41, 5.74) is 0.552. The molecule has 21 heavy (non-hydrogen) atoms. The lowest BCUT2D eigenvalue weighted by Crippen LogP contribution is -2.41. The zero-order valence-corrected chi connectivity index (χ0v) is 13.0. The van der Waals surface area contributed by atoms with Gasteiger partial charge in [0, 0.05) is 19.1 Å². The zero-order chi connectivity index (χ0) is 15.8. The van der Waals surface area contributed by atoms with Gasteiger partial charge in [-0.25, -0.2) is 4.39 Å². The zero-order valence-electron chi connectivity index (χ0n) is 13.0. The first-order chi connectivity index (χ1) is 10.1. The lowest BCUT2D eigenvalue weighted by molar-refractivity contribution is 0.0623. The number of hydrogen-bond donors (Lipinski definition) is 2. The maximum atomic E-state index is 13.9. The Bertz CT molecular complexity index is 462. The van der Waals surface area contributed by atoms with Gasteiger partial charge in [0.25, 0.3) is 5.91 Å². The quantitative estimate of drug-likeness (QED) is 0.775.